The summed E-state index contributed by atoms with van der Waals surface area (Å²) in [6.07, 6.45) is 6.69. The lowest BCUT2D eigenvalue weighted by Crippen LogP contribution is -2.71. The predicted molar refractivity (Wildman–Crippen MR) is 134 cm³/mol. The van der Waals surface area contributed by atoms with Crippen LogP contribution in [-0.2, 0) is 23.8 Å². The molecule has 3 aliphatic carbocycles. The van der Waals surface area contributed by atoms with Gasteiger partial charge in [0.05, 0.1) is 25.7 Å². The Balaban J connectivity index is 1.39. The number of aliphatic hydroxyl groups is 2. The van der Waals surface area contributed by atoms with Crippen molar-refractivity contribution in [1.29, 1.82) is 0 Å². The third kappa shape index (κ3) is 2.42. The maximum absolute atomic E-state index is 13.5. The lowest BCUT2D eigenvalue weighted by atomic mass is 9.37. The lowest BCUT2D eigenvalue weighted by molar-refractivity contribution is -0.294. The minimum absolute atomic E-state index is 0.0299. The number of ketones is 1. The molecule has 0 aromatic rings. The second kappa shape index (κ2) is 6.93. The van der Waals surface area contributed by atoms with Gasteiger partial charge in [0.2, 0.25) is 0 Å². The molecule has 5 aliphatic heterocycles. The minimum atomic E-state index is -1.52. The van der Waals surface area contributed by atoms with E-state index in [-0.39, 0.29) is 54.6 Å². The van der Waals surface area contributed by atoms with Gasteiger partial charge in [0.1, 0.15) is 11.8 Å². The van der Waals surface area contributed by atoms with E-state index >= 15 is 0 Å². The van der Waals surface area contributed by atoms with Gasteiger partial charge in [-0.05, 0) is 44.1 Å². The van der Waals surface area contributed by atoms with Crippen LogP contribution < -0.4 is 0 Å². The summed E-state index contributed by atoms with van der Waals surface area (Å²) in [6, 6.07) is 0. The summed E-state index contributed by atoms with van der Waals surface area (Å²) in [5.41, 5.74) is -0.00357. The number of aliphatic hydroxyl groups excluding tert-OH is 1. The Morgan fingerprint density at radius 1 is 1.16 bits per heavy atom. The molecule has 2 N–H and O–H groups in total. The molecule has 8 heteroatoms. The molecule has 2 spiro atoms. The number of carbonyl (C=O) groups is 2. The fourth-order valence-electron chi connectivity index (χ4n) is 11.1. The molecular weight excluding hydrogens is 486 g/mol. The van der Waals surface area contributed by atoms with Crippen LogP contribution in [0.1, 0.15) is 59.8 Å². The molecule has 0 amide bonds. The van der Waals surface area contributed by atoms with E-state index in [2.05, 4.69) is 24.8 Å². The monoisotopic (exact) mass is 525 g/mol. The van der Waals surface area contributed by atoms with Crippen molar-refractivity contribution in [2.75, 3.05) is 19.8 Å². The van der Waals surface area contributed by atoms with E-state index in [1.54, 1.807) is 6.08 Å². The maximum atomic E-state index is 13.5. The van der Waals surface area contributed by atoms with E-state index < -0.39 is 39.8 Å². The van der Waals surface area contributed by atoms with Gasteiger partial charge in [-0.1, -0.05) is 32.4 Å². The Morgan fingerprint density at radius 3 is 2.68 bits per heavy atom. The van der Waals surface area contributed by atoms with Crippen LogP contribution in [0, 0.1) is 45.8 Å². The number of hydrogen-bond donors (Lipinski definition) is 2. The number of esters is 1. The molecule has 8 nitrogen and oxygen atoms in total. The van der Waals surface area contributed by atoms with E-state index in [9.17, 15) is 19.8 Å². The molecule has 0 radical (unpaired) electrons. The first kappa shape index (κ1) is 24.1. The number of fused-ring (bicyclic) bond motifs is 5. The second-order valence-electron chi connectivity index (χ2n) is 14.3. The van der Waals surface area contributed by atoms with Gasteiger partial charge >= 0.3 is 5.97 Å². The summed E-state index contributed by atoms with van der Waals surface area (Å²) in [7, 11) is 0. The van der Waals surface area contributed by atoms with Crippen LogP contribution in [-0.4, -0.2) is 70.3 Å². The van der Waals surface area contributed by atoms with Crippen LogP contribution in [0.15, 0.2) is 23.4 Å². The van der Waals surface area contributed by atoms with Crippen molar-refractivity contribution in [3.05, 3.63) is 23.4 Å². The van der Waals surface area contributed by atoms with Crippen LogP contribution in [0.5, 0.6) is 0 Å². The van der Waals surface area contributed by atoms with Gasteiger partial charge < -0.3 is 29.3 Å². The van der Waals surface area contributed by atoms with Crippen LogP contribution in [0.2, 0.25) is 0 Å². The number of cyclic esters (lactones) is 1. The molecule has 0 aromatic heterocycles. The molecule has 8 aliphatic rings. The van der Waals surface area contributed by atoms with Crippen LogP contribution >= 0.6 is 0 Å². The molecule has 4 bridgehead atoms. The molecule has 1 unspecified atom stereocenters. The zero-order chi connectivity index (χ0) is 26.6. The Morgan fingerprint density at radius 2 is 1.95 bits per heavy atom. The maximum Gasteiger partial charge on any atom is 0.306 e. The zero-order valence-corrected chi connectivity index (χ0v) is 22.7. The zero-order valence-electron chi connectivity index (χ0n) is 22.7. The Labute approximate surface area is 223 Å². The molecule has 206 valence electrons. The average molecular weight is 526 g/mol. The van der Waals surface area contributed by atoms with Gasteiger partial charge in [-0.15, -0.1) is 0 Å². The Kier molecular flexibility index (Phi) is 4.40. The third-order valence-corrected chi connectivity index (χ3v) is 12.8. The standard InChI is InChI=1S/C30H39NO7/c1-15-7-18-23(19(32)8-15)17(3)30(35)25-27(18,13-37-30)10-21-26(4,28(25)11-22(33)36-14-28)5-6-29-9-16(2)24(34)20(38-29)12-31(21)29/h8,10,16-18,20,23-25,34-35H,5-7,9,11-14H2,1-4H3/t16-,17-,18-,20+,23+,24-,25+,26-,27-,28-,29?,30+/m1/s1. The minimum Gasteiger partial charge on any atom is -0.465 e. The van der Waals surface area contributed by atoms with Crippen LogP contribution in [0.4, 0.5) is 0 Å². The highest BCUT2D eigenvalue weighted by atomic mass is 16.6. The summed E-state index contributed by atoms with van der Waals surface area (Å²) in [4.78, 5) is 28.9. The van der Waals surface area contributed by atoms with Crippen molar-refractivity contribution < 1.29 is 34.0 Å². The molecule has 0 aromatic carbocycles. The normalized spacial score (nSPS) is 58.1. The number of rotatable bonds is 0. The number of nitrogens with zero attached hydrogens (tertiary/aromatic N) is 1. The number of carbonyl (C=O) groups excluding carboxylic acids is 2. The first-order valence-corrected chi connectivity index (χ1v) is 14.5. The molecule has 5 saturated heterocycles. The van der Waals surface area contributed by atoms with Crippen molar-refractivity contribution in [3.8, 4) is 0 Å². The topological polar surface area (TPSA) is 106 Å². The van der Waals surface area contributed by atoms with Gasteiger partial charge in [0, 0.05) is 52.7 Å². The number of ether oxygens (including phenoxy) is 3. The second-order valence-corrected chi connectivity index (χ2v) is 14.3. The summed E-state index contributed by atoms with van der Waals surface area (Å²) in [5.74, 6) is -2.67. The number of allylic oxidation sites excluding steroid dienone is 3. The van der Waals surface area contributed by atoms with E-state index in [0.29, 0.717) is 13.2 Å². The molecule has 8 rings (SSSR count). The summed E-state index contributed by atoms with van der Waals surface area (Å²) < 4.78 is 18.9. The third-order valence-electron chi connectivity index (χ3n) is 12.8. The number of piperidine rings is 1. The molecule has 6 fully saturated rings. The highest BCUT2D eigenvalue weighted by Crippen LogP contribution is 2.78. The SMILES string of the molecule is CC1=CC(=O)[C@@H]2[C@@H](C1)[C@]13C=C4N5C[C@@H]6OC5(CC[C@@]4(C)[C@]4(COC(=O)C4)[C@H]1[C@@](O)(OC3)[C@@H]2C)C[C@@H](C)[C@H]6O. The highest BCUT2D eigenvalue weighted by molar-refractivity contribution is 5.94. The summed E-state index contributed by atoms with van der Waals surface area (Å²) in [5, 5.41) is 23.4. The first-order chi connectivity index (χ1) is 17.9. The molecular formula is C30H39NO7. The molecule has 5 heterocycles. The van der Waals surface area contributed by atoms with Crippen LogP contribution in [0.25, 0.3) is 0 Å². The van der Waals surface area contributed by atoms with Crippen molar-refractivity contribution in [3.63, 3.8) is 0 Å². The highest BCUT2D eigenvalue weighted by Gasteiger charge is 2.81. The van der Waals surface area contributed by atoms with Crippen molar-refractivity contribution in [2.24, 2.45) is 45.8 Å². The van der Waals surface area contributed by atoms with Gasteiger partial charge in [-0.2, -0.15) is 0 Å². The van der Waals surface area contributed by atoms with Crippen LogP contribution in [0.3, 0.4) is 0 Å². The molecule has 1 saturated carbocycles. The molecule has 12 atom stereocenters. The smallest absolute Gasteiger partial charge is 0.306 e. The average Bonchev–Trinajstić information content (AvgIpc) is 3.49. The Hall–Kier alpha value is -1.74. The largest absolute Gasteiger partial charge is 0.465 e. The number of hydrogen-bond acceptors (Lipinski definition) is 8. The van der Waals surface area contributed by atoms with E-state index in [1.165, 1.54) is 0 Å². The van der Waals surface area contributed by atoms with Gasteiger partial charge in [-0.25, -0.2) is 0 Å². The van der Waals surface area contributed by atoms with Gasteiger partial charge in [0.15, 0.2) is 11.6 Å². The summed E-state index contributed by atoms with van der Waals surface area (Å²) in [6.45, 7) is 9.51. The fourth-order valence-corrected chi connectivity index (χ4v) is 11.1. The lowest BCUT2D eigenvalue weighted by Gasteiger charge is -2.68. The predicted octanol–water partition coefficient (Wildman–Crippen LogP) is 2.54. The van der Waals surface area contributed by atoms with Gasteiger partial charge in [-0.3, -0.25) is 9.59 Å². The van der Waals surface area contributed by atoms with Crippen molar-refractivity contribution in [1.82, 2.24) is 4.90 Å². The molecule has 38 heavy (non-hydrogen) atoms. The van der Waals surface area contributed by atoms with E-state index in [0.717, 1.165) is 37.0 Å². The van der Waals surface area contributed by atoms with Crippen molar-refractivity contribution >= 4 is 11.8 Å². The quantitative estimate of drug-likeness (QED) is 0.465. The van der Waals surface area contributed by atoms with E-state index in [4.69, 9.17) is 14.2 Å². The fraction of sp³-hybridized carbons (Fsp3) is 0.800. The van der Waals surface area contributed by atoms with Crippen molar-refractivity contribution in [2.45, 2.75) is 83.5 Å². The van der Waals surface area contributed by atoms with Gasteiger partial charge in [0.25, 0.3) is 0 Å². The first-order valence-electron chi connectivity index (χ1n) is 14.5. The Bertz CT molecular complexity index is 1230. The summed E-state index contributed by atoms with van der Waals surface area (Å²) >= 11 is 0. The van der Waals surface area contributed by atoms with E-state index in [1.807, 2.05) is 13.8 Å².